The topological polar surface area (TPSA) is 130 Å². The van der Waals surface area contributed by atoms with Gasteiger partial charge in [-0.15, -0.1) is 0 Å². The number of benzene rings is 1. The summed E-state index contributed by atoms with van der Waals surface area (Å²) >= 11 is 0. The van der Waals surface area contributed by atoms with E-state index < -0.39 is 35.8 Å². The highest BCUT2D eigenvalue weighted by Crippen LogP contribution is 2.43. The Morgan fingerprint density at radius 3 is 2.44 bits per heavy atom. The fourth-order valence-electron chi connectivity index (χ4n) is 4.76. The number of furan rings is 1. The molecule has 2 aliphatic rings. The van der Waals surface area contributed by atoms with E-state index in [4.69, 9.17) is 9.15 Å². The van der Waals surface area contributed by atoms with Gasteiger partial charge in [-0.05, 0) is 61.3 Å². The van der Waals surface area contributed by atoms with E-state index in [0.29, 0.717) is 30.3 Å². The molecule has 2 fully saturated rings. The zero-order valence-electron chi connectivity index (χ0n) is 20.8. The van der Waals surface area contributed by atoms with E-state index in [1.807, 2.05) is 18.2 Å². The van der Waals surface area contributed by atoms with Crippen molar-refractivity contribution in [3.8, 4) is 5.75 Å². The smallest absolute Gasteiger partial charge is 0.325 e. The summed E-state index contributed by atoms with van der Waals surface area (Å²) in [5, 5.41) is 2.81. The van der Waals surface area contributed by atoms with Gasteiger partial charge < -0.3 is 14.5 Å². The molecule has 10 nitrogen and oxygen atoms in total. The molecule has 0 bridgehead atoms. The van der Waals surface area contributed by atoms with Crippen molar-refractivity contribution in [2.24, 2.45) is 11.3 Å². The molecule has 4 rings (SSSR count). The lowest BCUT2D eigenvalue weighted by molar-refractivity contribution is -0.136. The molecule has 192 valence electrons. The van der Waals surface area contributed by atoms with E-state index in [1.165, 1.54) is 6.07 Å². The third-order valence-electron chi connectivity index (χ3n) is 6.94. The zero-order chi connectivity index (χ0) is 25.9. The SMILES string of the molecule is CC(C)(C)C1CCC2(CC1)NC(=O)N(CC(=O)NNC(=O)c1ccc(COc3ccccc3)o1)C2=O. The average Bonchev–Trinajstić information content (AvgIpc) is 3.41. The van der Waals surface area contributed by atoms with Crippen molar-refractivity contribution in [1.29, 1.82) is 0 Å². The standard InChI is InChI=1S/C26H32N4O6/c1-25(2,3)17-11-13-26(14-12-17)23(33)30(24(34)27-26)15-21(31)28-29-22(32)20-10-9-19(36-20)16-35-18-7-5-4-6-8-18/h4-10,17H,11-16H2,1-3H3,(H,27,34)(H,28,31)(H,29,32). The summed E-state index contributed by atoms with van der Waals surface area (Å²) in [4.78, 5) is 51.2. The molecule has 1 aromatic carbocycles. The van der Waals surface area contributed by atoms with E-state index in [1.54, 1.807) is 18.2 Å². The number of hydrogen-bond acceptors (Lipinski definition) is 6. The highest BCUT2D eigenvalue weighted by molar-refractivity contribution is 6.09. The summed E-state index contributed by atoms with van der Waals surface area (Å²) in [6, 6.07) is 11.6. The number of ether oxygens (including phenoxy) is 1. The van der Waals surface area contributed by atoms with Crippen LogP contribution in [0.5, 0.6) is 5.75 Å². The summed E-state index contributed by atoms with van der Waals surface area (Å²) < 4.78 is 11.0. The van der Waals surface area contributed by atoms with Gasteiger partial charge in [0.15, 0.2) is 5.76 Å². The number of rotatable bonds is 6. The first-order valence-electron chi connectivity index (χ1n) is 12.1. The summed E-state index contributed by atoms with van der Waals surface area (Å²) in [7, 11) is 0. The van der Waals surface area contributed by atoms with Gasteiger partial charge in [0.05, 0.1) is 0 Å². The van der Waals surface area contributed by atoms with Gasteiger partial charge in [-0.1, -0.05) is 39.0 Å². The lowest BCUT2D eigenvalue weighted by Crippen LogP contribution is -2.51. The van der Waals surface area contributed by atoms with Crippen molar-refractivity contribution < 1.29 is 28.3 Å². The predicted octanol–water partition coefficient (Wildman–Crippen LogP) is 3.15. The van der Waals surface area contributed by atoms with Crippen LogP contribution in [0.15, 0.2) is 46.9 Å². The molecule has 1 aliphatic carbocycles. The summed E-state index contributed by atoms with van der Waals surface area (Å²) in [6.45, 7) is 6.17. The van der Waals surface area contributed by atoms with E-state index in [2.05, 4.69) is 36.9 Å². The number of nitrogens with zero attached hydrogens (tertiary/aromatic N) is 1. The van der Waals surface area contributed by atoms with Crippen LogP contribution in [0.1, 0.15) is 62.8 Å². The van der Waals surface area contributed by atoms with E-state index in [9.17, 15) is 19.2 Å². The molecular weight excluding hydrogens is 464 g/mol. The Morgan fingerprint density at radius 2 is 1.78 bits per heavy atom. The minimum absolute atomic E-state index is 0.0217. The third-order valence-corrected chi connectivity index (χ3v) is 6.94. The van der Waals surface area contributed by atoms with E-state index in [-0.39, 0.29) is 17.8 Å². The van der Waals surface area contributed by atoms with Crippen molar-refractivity contribution in [2.45, 2.75) is 58.6 Å². The predicted molar refractivity (Wildman–Crippen MR) is 129 cm³/mol. The second-order valence-electron chi connectivity index (χ2n) is 10.4. The Morgan fingerprint density at radius 1 is 1.08 bits per heavy atom. The van der Waals surface area contributed by atoms with Gasteiger partial charge in [-0.3, -0.25) is 30.1 Å². The van der Waals surface area contributed by atoms with Crippen LogP contribution >= 0.6 is 0 Å². The molecule has 0 unspecified atom stereocenters. The average molecular weight is 497 g/mol. The van der Waals surface area contributed by atoms with Crippen LogP contribution in [0.4, 0.5) is 4.79 Å². The van der Waals surface area contributed by atoms with Crippen LogP contribution in [0.2, 0.25) is 0 Å². The van der Waals surface area contributed by atoms with Gasteiger partial charge in [0.2, 0.25) is 0 Å². The van der Waals surface area contributed by atoms with Crippen LogP contribution < -0.4 is 20.9 Å². The molecule has 5 amide bonds. The molecule has 1 aliphatic heterocycles. The van der Waals surface area contributed by atoms with E-state index >= 15 is 0 Å². The normalized spacial score (nSPS) is 21.9. The van der Waals surface area contributed by atoms with Crippen molar-refractivity contribution in [3.63, 3.8) is 0 Å². The Labute approximate surface area is 209 Å². The Bertz CT molecular complexity index is 1130. The number of hydrogen-bond donors (Lipinski definition) is 3. The number of para-hydroxylation sites is 1. The summed E-state index contributed by atoms with van der Waals surface area (Å²) in [6.07, 6.45) is 2.74. The number of nitrogens with one attached hydrogen (secondary N) is 3. The Balaban J connectivity index is 1.25. The molecule has 1 saturated heterocycles. The Kier molecular flexibility index (Phi) is 7.05. The van der Waals surface area contributed by atoms with Crippen LogP contribution in [0.25, 0.3) is 0 Å². The first-order valence-corrected chi connectivity index (χ1v) is 12.1. The van der Waals surface area contributed by atoms with Gasteiger partial charge in [-0.2, -0.15) is 0 Å². The molecule has 1 saturated carbocycles. The highest BCUT2D eigenvalue weighted by atomic mass is 16.5. The number of carbonyl (C=O) groups excluding carboxylic acids is 4. The number of imide groups is 1. The van der Waals surface area contributed by atoms with E-state index in [0.717, 1.165) is 17.7 Å². The maximum Gasteiger partial charge on any atom is 0.325 e. The van der Waals surface area contributed by atoms with Crippen LogP contribution in [0.3, 0.4) is 0 Å². The van der Waals surface area contributed by atoms with Gasteiger partial charge in [0.1, 0.15) is 30.2 Å². The quantitative estimate of drug-likeness (QED) is 0.416. The molecule has 0 atom stereocenters. The minimum atomic E-state index is -0.950. The maximum atomic E-state index is 13.1. The lowest BCUT2D eigenvalue weighted by atomic mass is 9.67. The first-order chi connectivity index (χ1) is 17.1. The van der Waals surface area contributed by atoms with Crippen molar-refractivity contribution in [1.82, 2.24) is 21.1 Å². The molecule has 3 N–H and O–H groups in total. The molecule has 10 heteroatoms. The fourth-order valence-corrected chi connectivity index (χ4v) is 4.76. The minimum Gasteiger partial charge on any atom is -0.486 e. The second-order valence-corrected chi connectivity index (χ2v) is 10.4. The molecule has 2 aromatic rings. The first kappa shape index (κ1) is 25.3. The number of carbonyl (C=O) groups is 4. The lowest BCUT2D eigenvalue weighted by Gasteiger charge is -2.40. The second kappa shape index (κ2) is 10.0. The van der Waals surface area contributed by atoms with Crippen LogP contribution in [-0.2, 0) is 16.2 Å². The summed E-state index contributed by atoms with van der Waals surface area (Å²) in [5.41, 5.74) is 3.65. The monoisotopic (exact) mass is 496 g/mol. The summed E-state index contributed by atoms with van der Waals surface area (Å²) in [5.74, 6) is -0.234. The largest absolute Gasteiger partial charge is 0.486 e. The Hall–Kier alpha value is -3.82. The van der Waals surface area contributed by atoms with Crippen LogP contribution in [-0.4, -0.2) is 40.7 Å². The van der Waals surface area contributed by atoms with Crippen molar-refractivity contribution in [3.05, 3.63) is 54.0 Å². The van der Waals surface area contributed by atoms with Gasteiger partial charge in [0, 0.05) is 0 Å². The molecule has 1 aromatic heterocycles. The molecule has 0 radical (unpaired) electrons. The van der Waals surface area contributed by atoms with Crippen molar-refractivity contribution >= 4 is 23.8 Å². The number of urea groups is 1. The highest BCUT2D eigenvalue weighted by Gasteiger charge is 2.53. The van der Waals surface area contributed by atoms with Gasteiger partial charge in [-0.25, -0.2) is 4.79 Å². The van der Waals surface area contributed by atoms with Gasteiger partial charge in [0.25, 0.3) is 11.8 Å². The molecule has 1 spiro atoms. The maximum absolute atomic E-state index is 13.1. The van der Waals surface area contributed by atoms with Crippen molar-refractivity contribution in [2.75, 3.05) is 6.54 Å². The zero-order valence-corrected chi connectivity index (χ0v) is 20.8. The molecule has 2 heterocycles. The number of hydrazine groups is 1. The fraction of sp³-hybridized carbons (Fsp3) is 0.462. The van der Waals surface area contributed by atoms with Crippen LogP contribution in [0, 0.1) is 11.3 Å². The van der Waals surface area contributed by atoms with Gasteiger partial charge >= 0.3 is 11.9 Å². The molecule has 36 heavy (non-hydrogen) atoms. The number of amides is 5. The third kappa shape index (κ3) is 5.53. The molecular formula is C26H32N4O6.